The van der Waals surface area contributed by atoms with Crippen molar-refractivity contribution in [2.75, 3.05) is 14.2 Å². The van der Waals surface area contributed by atoms with E-state index in [1.807, 2.05) is 0 Å². The van der Waals surface area contributed by atoms with E-state index in [9.17, 15) is 19.2 Å². The first-order chi connectivity index (χ1) is 11.9. The fourth-order valence-corrected chi connectivity index (χ4v) is 3.74. The highest BCUT2D eigenvalue weighted by atomic mass is 16.5. The summed E-state index contributed by atoms with van der Waals surface area (Å²) in [6, 6.07) is 0. The molecule has 0 aromatic heterocycles. The molecule has 0 N–H and O–H groups in total. The lowest BCUT2D eigenvalue weighted by Crippen LogP contribution is -2.23. The number of unbranched alkanes of at least 4 members (excludes halogenated alkanes) is 3. The summed E-state index contributed by atoms with van der Waals surface area (Å²) in [5.74, 6) is -0.783. The zero-order valence-electron chi connectivity index (χ0n) is 15.5. The molecular weight excluding hydrogens is 324 g/mol. The van der Waals surface area contributed by atoms with E-state index in [1.165, 1.54) is 21.1 Å². The molecule has 1 fully saturated rings. The van der Waals surface area contributed by atoms with E-state index in [4.69, 9.17) is 0 Å². The fraction of sp³-hybridized carbons (Fsp3) is 0.789. The number of carbonyl (C=O) groups is 4. The summed E-state index contributed by atoms with van der Waals surface area (Å²) in [4.78, 5) is 46.7. The van der Waals surface area contributed by atoms with Crippen LogP contribution in [0, 0.1) is 17.8 Å². The van der Waals surface area contributed by atoms with Crippen molar-refractivity contribution in [1.82, 2.24) is 0 Å². The maximum atomic E-state index is 12.3. The van der Waals surface area contributed by atoms with Gasteiger partial charge in [-0.15, -0.1) is 0 Å². The van der Waals surface area contributed by atoms with Crippen LogP contribution in [0.2, 0.25) is 0 Å². The molecule has 0 bridgehead atoms. The third-order valence-electron chi connectivity index (χ3n) is 5.17. The summed E-state index contributed by atoms with van der Waals surface area (Å²) in [6.07, 6.45) is 5.76. The summed E-state index contributed by atoms with van der Waals surface area (Å²) >= 11 is 0. The van der Waals surface area contributed by atoms with E-state index in [-0.39, 0.29) is 47.7 Å². The third kappa shape index (κ3) is 6.96. The second-order valence-electron chi connectivity index (χ2n) is 6.80. The molecule has 0 amide bonds. The number of hydrogen-bond donors (Lipinski definition) is 0. The van der Waals surface area contributed by atoms with Crippen molar-refractivity contribution in [3.05, 3.63) is 0 Å². The van der Waals surface area contributed by atoms with Gasteiger partial charge in [-0.1, -0.05) is 19.3 Å². The first-order valence-electron chi connectivity index (χ1n) is 9.07. The molecule has 0 radical (unpaired) electrons. The number of rotatable bonds is 11. The van der Waals surface area contributed by atoms with Crippen molar-refractivity contribution >= 4 is 23.5 Å². The van der Waals surface area contributed by atoms with Crippen LogP contribution >= 0.6 is 0 Å². The van der Waals surface area contributed by atoms with Crippen molar-refractivity contribution in [3.63, 3.8) is 0 Å². The molecule has 1 rings (SSSR count). The Morgan fingerprint density at radius 1 is 0.920 bits per heavy atom. The summed E-state index contributed by atoms with van der Waals surface area (Å²) in [5, 5.41) is 0. The van der Waals surface area contributed by atoms with Crippen LogP contribution in [0.1, 0.15) is 64.7 Å². The van der Waals surface area contributed by atoms with Gasteiger partial charge in [-0.05, 0) is 32.1 Å². The molecule has 1 aliphatic carbocycles. The molecule has 6 heteroatoms. The molecule has 0 aromatic carbocycles. The van der Waals surface area contributed by atoms with E-state index in [0.29, 0.717) is 19.3 Å². The van der Waals surface area contributed by atoms with Crippen molar-refractivity contribution in [3.8, 4) is 0 Å². The number of methoxy groups -OCH3 is 2. The Morgan fingerprint density at radius 2 is 1.52 bits per heavy atom. The van der Waals surface area contributed by atoms with E-state index in [0.717, 1.165) is 32.1 Å². The molecule has 142 valence electrons. The lowest BCUT2D eigenvalue weighted by molar-refractivity contribution is -0.142. The number of ketones is 2. The van der Waals surface area contributed by atoms with Gasteiger partial charge in [-0.2, -0.15) is 0 Å². The molecule has 0 unspecified atom stereocenters. The van der Waals surface area contributed by atoms with Crippen LogP contribution < -0.4 is 0 Å². The SMILES string of the molecule is COC(=O)CCCCCC[C@H]1C(=O)C[C@@H](C(C)=O)[C@@H]1CCC(=O)OC. The van der Waals surface area contributed by atoms with Crippen molar-refractivity contribution in [2.24, 2.45) is 17.8 Å². The lowest BCUT2D eigenvalue weighted by Gasteiger charge is -2.22. The maximum absolute atomic E-state index is 12.3. The summed E-state index contributed by atoms with van der Waals surface area (Å²) in [7, 11) is 2.73. The van der Waals surface area contributed by atoms with E-state index in [1.54, 1.807) is 0 Å². The van der Waals surface area contributed by atoms with Crippen LogP contribution in [0.15, 0.2) is 0 Å². The van der Waals surface area contributed by atoms with Gasteiger partial charge in [0.15, 0.2) is 0 Å². The minimum Gasteiger partial charge on any atom is -0.469 e. The van der Waals surface area contributed by atoms with Gasteiger partial charge < -0.3 is 9.47 Å². The molecule has 1 saturated carbocycles. The molecule has 6 nitrogen and oxygen atoms in total. The first kappa shape index (κ1) is 21.3. The second kappa shape index (κ2) is 11.0. The average molecular weight is 354 g/mol. The number of Topliss-reactive ketones (excluding diaryl/α,β-unsaturated/α-hetero) is 2. The molecular formula is C19H30O6. The number of hydrogen-bond acceptors (Lipinski definition) is 6. The van der Waals surface area contributed by atoms with Gasteiger partial charge >= 0.3 is 11.9 Å². The summed E-state index contributed by atoms with van der Waals surface area (Å²) in [6.45, 7) is 1.53. The predicted octanol–water partition coefficient (Wildman–Crippen LogP) is 2.86. The standard InChI is InChI=1S/C19H30O6/c1-13(20)16-12-17(21)15(14(16)10-11-19(23)25-3)8-6-4-5-7-9-18(22)24-2/h14-16H,4-12H2,1-3H3/t14-,15-,16+/m1/s1. The Balaban J connectivity index is 2.47. The molecule has 1 aliphatic rings. The minimum atomic E-state index is -0.303. The smallest absolute Gasteiger partial charge is 0.305 e. The molecule has 0 aliphatic heterocycles. The minimum absolute atomic E-state index is 0.0313. The van der Waals surface area contributed by atoms with E-state index in [2.05, 4.69) is 9.47 Å². The number of esters is 2. The number of carbonyl (C=O) groups excluding carboxylic acids is 4. The fourth-order valence-electron chi connectivity index (χ4n) is 3.74. The van der Waals surface area contributed by atoms with Gasteiger partial charge in [0.05, 0.1) is 14.2 Å². The third-order valence-corrected chi connectivity index (χ3v) is 5.17. The largest absolute Gasteiger partial charge is 0.469 e. The van der Waals surface area contributed by atoms with Gasteiger partial charge in [0.2, 0.25) is 0 Å². The highest BCUT2D eigenvalue weighted by molar-refractivity contribution is 5.92. The summed E-state index contributed by atoms with van der Waals surface area (Å²) < 4.78 is 9.28. The Morgan fingerprint density at radius 3 is 2.12 bits per heavy atom. The first-order valence-corrected chi connectivity index (χ1v) is 9.07. The van der Waals surface area contributed by atoms with Gasteiger partial charge in [-0.25, -0.2) is 0 Å². The van der Waals surface area contributed by atoms with E-state index < -0.39 is 0 Å². The highest BCUT2D eigenvalue weighted by Gasteiger charge is 2.43. The summed E-state index contributed by atoms with van der Waals surface area (Å²) in [5.41, 5.74) is 0. The maximum Gasteiger partial charge on any atom is 0.305 e. The van der Waals surface area contributed by atoms with Crippen LogP contribution in [-0.2, 0) is 28.7 Å². The van der Waals surface area contributed by atoms with E-state index >= 15 is 0 Å². The zero-order chi connectivity index (χ0) is 18.8. The Bertz CT molecular complexity index is 484. The Labute approximate surface area is 149 Å². The molecule has 0 aromatic rings. The number of ether oxygens (including phenoxy) is 2. The average Bonchev–Trinajstić information content (AvgIpc) is 2.91. The highest BCUT2D eigenvalue weighted by Crippen LogP contribution is 2.41. The van der Waals surface area contributed by atoms with Gasteiger partial charge in [0.25, 0.3) is 0 Å². The van der Waals surface area contributed by atoms with Crippen LogP contribution in [0.4, 0.5) is 0 Å². The Kier molecular flexibility index (Phi) is 9.39. The van der Waals surface area contributed by atoms with Crippen molar-refractivity contribution in [1.29, 1.82) is 0 Å². The zero-order valence-corrected chi connectivity index (χ0v) is 15.5. The predicted molar refractivity (Wildman–Crippen MR) is 91.7 cm³/mol. The van der Waals surface area contributed by atoms with Crippen LogP contribution in [-0.4, -0.2) is 37.7 Å². The molecule has 3 atom stereocenters. The van der Waals surface area contributed by atoms with Gasteiger partial charge in [0.1, 0.15) is 11.6 Å². The van der Waals surface area contributed by atoms with Crippen molar-refractivity contribution in [2.45, 2.75) is 64.7 Å². The quantitative estimate of drug-likeness (QED) is 0.419. The van der Waals surface area contributed by atoms with Gasteiger partial charge in [0, 0.05) is 31.1 Å². The second-order valence-corrected chi connectivity index (χ2v) is 6.80. The molecule has 25 heavy (non-hydrogen) atoms. The monoisotopic (exact) mass is 354 g/mol. The lowest BCUT2D eigenvalue weighted by atomic mass is 9.81. The van der Waals surface area contributed by atoms with Crippen LogP contribution in [0.5, 0.6) is 0 Å². The van der Waals surface area contributed by atoms with Crippen molar-refractivity contribution < 1.29 is 28.7 Å². The Hall–Kier alpha value is -1.72. The normalized spacial score (nSPS) is 22.7. The molecule has 0 spiro atoms. The molecule has 0 heterocycles. The topological polar surface area (TPSA) is 86.7 Å². The van der Waals surface area contributed by atoms with Crippen LogP contribution in [0.25, 0.3) is 0 Å². The van der Waals surface area contributed by atoms with Gasteiger partial charge in [-0.3, -0.25) is 19.2 Å². The van der Waals surface area contributed by atoms with Crippen LogP contribution in [0.3, 0.4) is 0 Å². The molecule has 0 saturated heterocycles.